The quantitative estimate of drug-likeness (QED) is 0.590. The fraction of sp³-hybridized carbons (Fsp3) is 1.00. The van der Waals surface area contributed by atoms with E-state index in [2.05, 4.69) is 48.5 Å². The van der Waals surface area contributed by atoms with Crippen molar-refractivity contribution in [3.63, 3.8) is 0 Å². The lowest BCUT2D eigenvalue weighted by Gasteiger charge is -2.41. The lowest BCUT2D eigenvalue weighted by molar-refractivity contribution is 0.0947. The van der Waals surface area contributed by atoms with Crippen molar-refractivity contribution in [1.82, 2.24) is 0 Å². The predicted molar refractivity (Wildman–Crippen MR) is 66.8 cm³/mol. The third-order valence-corrected chi connectivity index (χ3v) is 4.23. The van der Waals surface area contributed by atoms with E-state index in [9.17, 15) is 4.39 Å². The summed E-state index contributed by atoms with van der Waals surface area (Å²) in [7, 11) is 0. The summed E-state index contributed by atoms with van der Waals surface area (Å²) in [5.74, 6) is 0. The Bertz CT molecular complexity index is 184. The first-order valence-electron chi connectivity index (χ1n) is 6.08. The largest absolute Gasteiger partial charge is 0.251 e. The summed E-state index contributed by atoms with van der Waals surface area (Å²) < 4.78 is 12.3. The molecule has 1 heteroatoms. The van der Waals surface area contributed by atoms with Gasteiger partial charge in [-0.1, -0.05) is 48.5 Å². The minimum atomic E-state index is -0.192. The average Bonchev–Trinajstić information content (AvgIpc) is 1.99. The fourth-order valence-corrected chi connectivity index (χ4v) is 1.41. The van der Waals surface area contributed by atoms with Crippen molar-refractivity contribution in [2.75, 3.05) is 6.67 Å². The van der Waals surface area contributed by atoms with Crippen LogP contribution in [-0.4, -0.2) is 6.67 Å². The molecule has 0 nitrogen and oxygen atoms in total. The summed E-state index contributed by atoms with van der Waals surface area (Å²) in [6.45, 7) is 15.6. The van der Waals surface area contributed by atoms with E-state index in [-0.39, 0.29) is 12.1 Å². The molecule has 0 aliphatic heterocycles. The minimum absolute atomic E-state index is 0.150. The first kappa shape index (κ1) is 14.9. The molecule has 0 aliphatic rings. The second-order valence-electron chi connectivity index (χ2n) is 7.24. The van der Waals surface area contributed by atoms with E-state index in [1.807, 2.05) is 0 Å². The maximum atomic E-state index is 12.3. The molecule has 0 rings (SSSR count). The van der Waals surface area contributed by atoms with E-state index in [1.165, 1.54) is 6.42 Å². The van der Waals surface area contributed by atoms with Crippen LogP contribution in [0, 0.1) is 16.2 Å². The molecule has 0 amide bonds. The first-order valence-corrected chi connectivity index (χ1v) is 6.08. The Labute approximate surface area is 95.6 Å². The van der Waals surface area contributed by atoms with Crippen LogP contribution < -0.4 is 0 Å². The standard InChI is InChI=1S/C14H29F/c1-12(2,3)14(6,7)9-8-13(4,5)10-11-15/h8-11H2,1-7H3. The van der Waals surface area contributed by atoms with Gasteiger partial charge in [-0.2, -0.15) is 0 Å². The van der Waals surface area contributed by atoms with E-state index in [0.29, 0.717) is 17.3 Å². The molecule has 0 atom stereocenters. The second kappa shape index (κ2) is 4.84. The molecule has 0 aliphatic carbocycles. The Morgan fingerprint density at radius 1 is 0.733 bits per heavy atom. The van der Waals surface area contributed by atoms with Gasteiger partial charge in [0.05, 0.1) is 6.67 Å². The summed E-state index contributed by atoms with van der Waals surface area (Å²) in [4.78, 5) is 0. The molecule has 0 saturated carbocycles. The molecule has 0 aromatic rings. The number of halogens is 1. The van der Waals surface area contributed by atoms with Gasteiger partial charge < -0.3 is 0 Å². The highest BCUT2D eigenvalue weighted by Crippen LogP contribution is 2.44. The Morgan fingerprint density at radius 2 is 1.20 bits per heavy atom. The molecule has 0 radical (unpaired) electrons. The van der Waals surface area contributed by atoms with Gasteiger partial charge in [0.15, 0.2) is 0 Å². The molecule has 92 valence electrons. The van der Waals surface area contributed by atoms with Crippen LogP contribution in [0.2, 0.25) is 0 Å². The summed E-state index contributed by atoms with van der Waals surface area (Å²) in [6.07, 6.45) is 2.97. The van der Waals surface area contributed by atoms with Gasteiger partial charge >= 0.3 is 0 Å². The molecule has 0 unspecified atom stereocenters. The summed E-state index contributed by atoms with van der Waals surface area (Å²) in [5, 5.41) is 0. The fourth-order valence-electron chi connectivity index (χ4n) is 1.41. The van der Waals surface area contributed by atoms with Crippen LogP contribution in [0.4, 0.5) is 4.39 Å². The van der Waals surface area contributed by atoms with Crippen LogP contribution in [0.3, 0.4) is 0 Å². The second-order valence-corrected chi connectivity index (χ2v) is 7.24. The average molecular weight is 216 g/mol. The summed E-state index contributed by atoms with van der Waals surface area (Å²) in [6, 6.07) is 0. The van der Waals surface area contributed by atoms with Crippen LogP contribution in [0.25, 0.3) is 0 Å². The van der Waals surface area contributed by atoms with Crippen molar-refractivity contribution < 1.29 is 4.39 Å². The zero-order chi connectivity index (χ0) is 12.3. The van der Waals surface area contributed by atoms with Gasteiger partial charge in [-0.25, -0.2) is 0 Å². The molecule has 0 bridgehead atoms. The van der Waals surface area contributed by atoms with Crippen molar-refractivity contribution in [3.05, 3.63) is 0 Å². The van der Waals surface area contributed by atoms with Crippen LogP contribution in [-0.2, 0) is 0 Å². The van der Waals surface area contributed by atoms with Gasteiger partial charge in [0.1, 0.15) is 0 Å². The summed E-state index contributed by atoms with van der Waals surface area (Å²) >= 11 is 0. The van der Waals surface area contributed by atoms with E-state index >= 15 is 0 Å². The van der Waals surface area contributed by atoms with Crippen molar-refractivity contribution in [1.29, 1.82) is 0 Å². The van der Waals surface area contributed by atoms with Gasteiger partial charge in [-0.15, -0.1) is 0 Å². The monoisotopic (exact) mass is 216 g/mol. The van der Waals surface area contributed by atoms with Gasteiger partial charge in [-0.3, -0.25) is 4.39 Å². The van der Waals surface area contributed by atoms with Crippen molar-refractivity contribution in [3.8, 4) is 0 Å². The van der Waals surface area contributed by atoms with E-state index < -0.39 is 0 Å². The highest BCUT2D eigenvalue weighted by atomic mass is 19.1. The Kier molecular flexibility index (Phi) is 4.82. The Hall–Kier alpha value is -0.0700. The normalized spacial score (nSPS) is 14.4. The lowest BCUT2D eigenvalue weighted by Crippen LogP contribution is -2.31. The number of rotatable bonds is 5. The number of alkyl halides is 1. The Morgan fingerprint density at radius 3 is 1.53 bits per heavy atom. The van der Waals surface area contributed by atoms with Crippen LogP contribution in [0.15, 0.2) is 0 Å². The maximum Gasteiger partial charge on any atom is 0.0899 e. The minimum Gasteiger partial charge on any atom is -0.251 e. The van der Waals surface area contributed by atoms with Crippen LogP contribution in [0.1, 0.15) is 67.7 Å². The smallest absolute Gasteiger partial charge is 0.0899 e. The molecule has 15 heavy (non-hydrogen) atoms. The van der Waals surface area contributed by atoms with E-state index in [0.717, 1.165) is 6.42 Å². The van der Waals surface area contributed by atoms with Crippen molar-refractivity contribution in [2.45, 2.75) is 67.7 Å². The number of hydrogen-bond donors (Lipinski definition) is 0. The highest BCUT2D eigenvalue weighted by Gasteiger charge is 2.33. The third-order valence-electron chi connectivity index (χ3n) is 4.23. The molecule has 0 fully saturated rings. The third kappa shape index (κ3) is 4.99. The van der Waals surface area contributed by atoms with E-state index in [1.54, 1.807) is 0 Å². The molecule has 0 aromatic heterocycles. The highest BCUT2D eigenvalue weighted by molar-refractivity contribution is 4.84. The molecule has 0 heterocycles. The zero-order valence-electron chi connectivity index (χ0n) is 11.7. The topological polar surface area (TPSA) is 0 Å². The van der Waals surface area contributed by atoms with Gasteiger partial charge in [0, 0.05) is 0 Å². The summed E-state index contributed by atoms with van der Waals surface area (Å²) in [5.41, 5.74) is 0.788. The SMILES string of the molecule is CC(C)(CCF)CCC(C)(C)C(C)(C)C. The van der Waals surface area contributed by atoms with Gasteiger partial charge in [-0.05, 0) is 35.5 Å². The lowest BCUT2D eigenvalue weighted by atomic mass is 9.65. The number of hydrogen-bond acceptors (Lipinski definition) is 0. The zero-order valence-corrected chi connectivity index (χ0v) is 11.7. The predicted octanol–water partition coefficient (Wildman–Crippen LogP) is 5.22. The van der Waals surface area contributed by atoms with Gasteiger partial charge in [0.25, 0.3) is 0 Å². The van der Waals surface area contributed by atoms with Crippen LogP contribution in [0.5, 0.6) is 0 Å². The molecular weight excluding hydrogens is 187 g/mol. The molecular formula is C14H29F. The molecule has 0 spiro atoms. The molecule has 0 aromatic carbocycles. The van der Waals surface area contributed by atoms with Crippen molar-refractivity contribution in [2.24, 2.45) is 16.2 Å². The van der Waals surface area contributed by atoms with Crippen LogP contribution >= 0.6 is 0 Å². The Balaban J connectivity index is 4.26. The van der Waals surface area contributed by atoms with Gasteiger partial charge in [0.2, 0.25) is 0 Å². The molecule has 0 saturated heterocycles. The van der Waals surface area contributed by atoms with E-state index in [4.69, 9.17) is 0 Å². The maximum absolute atomic E-state index is 12.3. The first-order chi connectivity index (χ1) is 6.52. The molecule has 0 N–H and O–H groups in total. The van der Waals surface area contributed by atoms with Crippen molar-refractivity contribution >= 4 is 0 Å².